The molecule has 0 heterocycles. The molecule has 0 aliphatic heterocycles. The molecular weight excluding hydrogens is 270 g/mol. The van der Waals surface area contributed by atoms with Crippen molar-refractivity contribution in [2.24, 2.45) is 5.73 Å². The van der Waals surface area contributed by atoms with Crippen molar-refractivity contribution in [3.63, 3.8) is 0 Å². The minimum atomic E-state index is -0.573. The van der Waals surface area contributed by atoms with Crippen LogP contribution in [0, 0.1) is 0 Å². The molecule has 1 amide bonds. The maximum absolute atomic E-state index is 10.7. The van der Waals surface area contributed by atoms with Crippen LogP contribution in [-0.4, -0.2) is 38.7 Å². The molecule has 0 radical (unpaired) electrons. The molecule has 0 fully saturated rings. The number of rotatable bonds is 7. The average molecular weight is 288 g/mol. The standard InChI is InChI=1S/C12H18ClN3O3/c1-16(2)15-6-8-4-9(13)12(10(5-8)18-3)19-7-11(14)17/h4-5,15H,6-7H2,1-3H3,(H2,14,17). The SMILES string of the molecule is COc1cc(CNN(C)C)cc(Cl)c1OCC(N)=O. The Bertz CT molecular complexity index is 452. The van der Waals surface area contributed by atoms with Gasteiger partial charge in [0, 0.05) is 20.6 Å². The number of amides is 1. The number of halogens is 1. The van der Waals surface area contributed by atoms with Crippen molar-refractivity contribution >= 4 is 17.5 Å². The minimum absolute atomic E-state index is 0.245. The molecule has 7 heteroatoms. The van der Waals surface area contributed by atoms with Gasteiger partial charge in [-0.05, 0) is 17.7 Å². The molecule has 6 nitrogen and oxygen atoms in total. The van der Waals surface area contributed by atoms with E-state index in [1.165, 1.54) is 7.11 Å². The van der Waals surface area contributed by atoms with Crippen molar-refractivity contribution in [3.8, 4) is 11.5 Å². The van der Waals surface area contributed by atoms with E-state index >= 15 is 0 Å². The molecule has 0 unspecified atom stereocenters. The van der Waals surface area contributed by atoms with Gasteiger partial charge in [-0.1, -0.05) is 11.6 Å². The number of hydrogen-bond acceptors (Lipinski definition) is 5. The van der Waals surface area contributed by atoms with Crippen molar-refractivity contribution in [3.05, 3.63) is 22.7 Å². The Balaban J connectivity index is 2.90. The molecule has 3 N–H and O–H groups in total. The number of nitrogens with two attached hydrogens (primary N) is 1. The van der Waals surface area contributed by atoms with Gasteiger partial charge in [0.05, 0.1) is 12.1 Å². The van der Waals surface area contributed by atoms with Gasteiger partial charge in [-0.2, -0.15) is 0 Å². The van der Waals surface area contributed by atoms with E-state index < -0.39 is 5.91 Å². The number of nitrogens with zero attached hydrogens (tertiary/aromatic N) is 1. The predicted octanol–water partition coefficient (Wildman–Crippen LogP) is 0.779. The number of primary amides is 1. The van der Waals surface area contributed by atoms with Crippen LogP contribution in [0.25, 0.3) is 0 Å². The summed E-state index contributed by atoms with van der Waals surface area (Å²) >= 11 is 6.11. The molecule has 0 aliphatic carbocycles. The number of carbonyl (C=O) groups is 1. The number of hydrazine groups is 1. The van der Waals surface area contributed by atoms with Gasteiger partial charge in [-0.3, -0.25) is 15.2 Å². The second kappa shape index (κ2) is 7.18. The molecule has 1 aromatic rings. The van der Waals surface area contributed by atoms with Crippen LogP contribution in [0.2, 0.25) is 5.02 Å². The van der Waals surface area contributed by atoms with E-state index in [1.807, 2.05) is 19.1 Å². The highest BCUT2D eigenvalue weighted by Crippen LogP contribution is 2.36. The fourth-order valence-corrected chi connectivity index (χ4v) is 1.70. The summed E-state index contributed by atoms with van der Waals surface area (Å²) in [5.41, 5.74) is 9.08. The summed E-state index contributed by atoms with van der Waals surface area (Å²) in [4.78, 5) is 10.7. The summed E-state index contributed by atoms with van der Waals surface area (Å²) in [6.45, 7) is 0.352. The molecule has 0 aromatic heterocycles. The van der Waals surface area contributed by atoms with Crippen molar-refractivity contribution in [2.45, 2.75) is 6.54 Å². The largest absolute Gasteiger partial charge is 0.493 e. The number of nitrogens with one attached hydrogen (secondary N) is 1. The third-order valence-corrected chi connectivity index (χ3v) is 2.53. The zero-order valence-corrected chi connectivity index (χ0v) is 12.0. The van der Waals surface area contributed by atoms with E-state index in [9.17, 15) is 4.79 Å². The van der Waals surface area contributed by atoms with Gasteiger partial charge in [-0.15, -0.1) is 0 Å². The van der Waals surface area contributed by atoms with Gasteiger partial charge in [0.2, 0.25) is 0 Å². The highest BCUT2D eigenvalue weighted by atomic mass is 35.5. The molecule has 0 saturated heterocycles. The van der Waals surface area contributed by atoms with Crippen LogP contribution in [0.3, 0.4) is 0 Å². The first-order chi connectivity index (χ1) is 8.93. The van der Waals surface area contributed by atoms with Crippen LogP contribution >= 0.6 is 11.6 Å². The van der Waals surface area contributed by atoms with E-state index in [0.717, 1.165) is 5.56 Å². The fourth-order valence-electron chi connectivity index (χ4n) is 1.41. The van der Waals surface area contributed by atoms with Crippen LogP contribution in [0.15, 0.2) is 12.1 Å². The Kier molecular flexibility index (Phi) is 5.88. The van der Waals surface area contributed by atoms with E-state index in [-0.39, 0.29) is 6.61 Å². The Hall–Kier alpha value is -1.50. The van der Waals surface area contributed by atoms with Crippen molar-refractivity contribution in [1.29, 1.82) is 0 Å². The number of hydrogen-bond donors (Lipinski definition) is 2. The molecule has 0 atom stereocenters. The topological polar surface area (TPSA) is 76.8 Å². The first-order valence-corrected chi connectivity index (χ1v) is 6.00. The van der Waals surface area contributed by atoms with Crippen molar-refractivity contribution < 1.29 is 14.3 Å². The fraction of sp³-hybridized carbons (Fsp3) is 0.417. The molecule has 1 aromatic carbocycles. The number of benzene rings is 1. The Morgan fingerprint density at radius 1 is 1.47 bits per heavy atom. The predicted molar refractivity (Wildman–Crippen MR) is 73.2 cm³/mol. The molecule has 106 valence electrons. The van der Waals surface area contributed by atoms with Crippen LogP contribution in [0.5, 0.6) is 11.5 Å². The van der Waals surface area contributed by atoms with Gasteiger partial charge in [0.15, 0.2) is 18.1 Å². The second-order valence-electron chi connectivity index (χ2n) is 4.09. The number of ether oxygens (including phenoxy) is 2. The van der Waals surface area contributed by atoms with E-state index in [2.05, 4.69) is 5.43 Å². The summed E-state index contributed by atoms with van der Waals surface area (Å²) in [6.07, 6.45) is 0. The Labute approximate surface area is 117 Å². The summed E-state index contributed by atoms with van der Waals surface area (Å²) in [5, 5.41) is 2.20. The van der Waals surface area contributed by atoms with Gasteiger partial charge < -0.3 is 15.2 Å². The summed E-state index contributed by atoms with van der Waals surface area (Å²) in [6, 6.07) is 3.54. The molecular formula is C12H18ClN3O3. The zero-order valence-electron chi connectivity index (χ0n) is 11.2. The van der Waals surface area contributed by atoms with Crippen molar-refractivity contribution in [1.82, 2.24) is 10.4 Å². The minimum Gasteiger partial charge on any atom is -0.493 e. The smallest absolute Gasteiger partial charge is 0.255 e. The summed E-state index contributed by atoms with van der Waals surface area (Å²) in [7, 11) is 5.29. The molecule has 19 heavy (non-hydrogen) atoms. The lowest BCUT2D eigenvalue weighted by molar-refractivity contribution is -0.119. The third-order valence-electron chi connectivity index (χ3n) is 2.25. The van der Waals surface area contributed by atoms with Crippen LogP contribution in [0.1, 0.15) is 5.56 Å². The quantitative estimate of drug-likeness (QED) is 0.725. The lowest BCUT2D eigenvalue weighted by Gasteiger charge is -2.15. The van der Waals surface area contributed by atoms with Gasteiger partial charge in [0.1, 0.15) is 0 Å². The Morgan fingerprint density at radius 3 is 2.68 bits per heavy atom. The second-order valence-corrected chi connectivity index (χ2v) is 4.50. The van der Waals surface area contributed by atoms with E-state index in [1.54, 1.807) is 12.1 Å². The monoisotopic (exact) mass is 287 g/mol. The Morgan fingerprint density at radius 2 is 2.16 bits per heavy atom. The molecule has 0 bridgehead atoms. The number of methoxy groups -OCH3 is 1. The molecule has 1 rings (SSSR count). The lowest BCUT2D eigenvalue weighted by atomic mass is 10.2. The van der Waals surface area contributed by atoms with Gasteiger partial charge in [-0.25, -0.2) is 0 Å². The molecule has 0 spiro atoms. The maximum Gasteiger partial charge on any atom is 0.255 e. The summed E-state index contributed by atoms with van der Waals surface area (Å²) < 4.78 is 10.4. The van der Waals surface area contributed by atoms with Crippen LogP contribution in [-0.2, 0) is 11.3 Å². The zero-order chi connectivity index (χ0) is 14.4. The lowest BCUT2D eigenvalue weighted by Crippen LogP contribution is -2.29. The average Bonchev–Trinajstić information content (AvgIpc) is 2.34. The summed E-state index contributed by atoms with van der Waals surface area (Å²) in [5.74, 6) is 0.206. The van der Waals surface area contributed by atoms with Crippen molar-refractivity contribution in [2.75, 3.05) is 27.8 Å². The molecule has 0 saturated carbocycles. The highest BCUT2D eigenvalue weighted by Gasteiger charge is 2.13. The highest BCUT2D eigenvalue weighted by molar-refractivity contribution is 6.32. The van der Waals surface area contributed by atoms with E-state index in [4.69, 9.17) is 26.8 Å². The third kappa shape index (κ3) is 4.94. The normalized spacial score (nSPS) is 10.6. The maximum atomic E-state index is 10.7. The first-order valence-electron chi connectivity index (χ1n) is 5.62. The van der Waals surface area contributed by atoms with Gasteiger partial charge in [0.25, 0.3) is 5.91 Å². The van der Waals surface area contributed by atoms with Gasteiger partial charge >= 0.3 is 0 Å². The van der Waals surface area contributed by atoms with Crippen LogP contribution < -0.4 is 20.6 Å². The van der Waals surface area contributed by atoms with E-state index in [0.29, 0.717) is 23.1 Å². The number of carbonyl (C=O) groups excluding carboxylic acids is 1. The molecule has 0 aliphatic rings. The first kappa shape index (κ1) is 15.6. The van der Waals surface area contributed by atoms with Crippen LogP contribution in [0.4, 0.5) is 0 Å².